The second kappa shape index (κ2) is 9.13. The fraction of sp³-hybridized carbons (Fsp3) is 0.500. The molecule has 1 N–H and O–H groups in total. The molecule has 0 aliphatic heterocycles. The second-order valence-corrected chi connectivity index (χ2v) is 4.87. The van der Waals surface area contributed by atoms with Crippen LogP contribution in [0, 0.1) is 0 Å². The average molecular weight is 292 g/mol. The van der Waals surface area contributed by atoms with Gasteiger partial charge in [0.25, 0.3) is 0 Å². The fourth-order valence-corrected chi connectivity index (χ4v) is 1.93. The Morgan fingerprint density at radius 2 is 1.90 bits per heavy atom. The minimum Gasteiger partial charge on any atom is -0.493 e. The van der Waals surface area contributed by atoms with Crippen molar-refractivity contribution in [1.29, 1.82) is 0 Å². The smallest absolute Gasteiger partial charge is 0.234 e. The minimum atomic E-state index is -0.0646. The normalized spacial score (nSPS) is 10.5. The first-order chi connectivity index (χ1) is 10.1. The molecule has 21 heavy (non-hydrogen) atoms. The van der Waals surface area contributed by atoms with Crippen LogP contribution in [0.1, 0.15) is 30.6 Å². The maximum Gasteiger partial charge on any atom is 0.234 e. The third kappa shape index (κ3) is 5.95. The molecule has 0 aliphatic carbocycles. The Labute approximate surface area is 126 Å². The number of rotatable bonds is 9. The molecule has 1 amide bonds. The number of ether oxygens (including phenoxy) is 1. The monoisotopic (exact) mass is 292 g/mol. The van der Waals surface area contributed by atoms with E-state index in [1.165, 1.54) is 0 Å². The number of carbonyl (C=O) groups is 2. The molecule has 0 spiro atoms. The van der Waals surface area contributed by atoms with E-state index in [0.717, 1.165) is 6.42 Å². The van der Waals surface area contributed by atoms with Crippen molar-refractivity contribution < 1.29 is 14.3 Å². The fourth-order valence-electron chi connectivity index (χ4n) is 1.93. The number of ketones is 1. The van der Waals surface area contributed by atoms with E-state index in [9.17, 15) is 9.59 Å². The summed E-state index contributed by atoms with van der Waals surface area (Å²) in [7, 11) is 1.76. The summed E-state index contributed by atoms with van der Waals surface area (Å²) in [5, 5.41) is 2.79. The number of hydrogen-bond acceptors (Lipinski definition) is 4. The van der Waals surface area contributed by atoms with Gasteiger partial charge in [0, 0.05) is 6.54 Å². The van der Waals surface area contributed by atoms with Gasteiger partial charge >= 0.3 is 0 Å². The summed E-state index contributed by atoms with van der Waals surface area (Å²) in [6.07, 6.45) is 0.899. The van der Waals surface area contributed by atoms with E-state index in [-0.39, 0.29) is 24.8 Å². The molecule has 0 saturated carbocycles. The van der Waals surface area contributed by atoms with Crippen molar-refractivity contribution in [3.05, 3.63) is 29.8 Å². The van der Waals surface area contributed by atoms with Crippen molar-refractivity contribution in [3.8, 4) is 5.75 Å². The summed E-state index contributed by atoms with van der Waals surface area (Å²) in [6, 6.07) is 7.18. The lowest BCUT2D eigenvalue weighted by molar-refractivity contribution is -0.121. The summed E-state index contributed by atoms with van der Waals surface area (Å²) < 4.78 is 5.46. The number of para-hydroxylation sites is 1. The number of amides is 1. The van der Waals surface area contributed by atoms with E-state index in [1.807, 2.05) is 26.0 Å². The van der Waals surface area contributed by atoms with Crippen LogP contribution < -0.4 is 10.1 Å². The van der Waals surface area contributed by atoms with Gasteiger partial charge in [-0.3, -0.25) is 14.5 Å². The Balaban J connectivity index is 2.58. The maximum atomic E-state index is 12.3. The number of nitrogens with zero attached hydrogens (tertiary/aromatic N) is 1. The molecule has 0 bridgehead atoms. The van der Waals surface area contributed by atoms with Crippen LogP contribution in [-0.4, -0.2) is 49.9 Å². The Morgan fingerprint density at radius 1 is 1.19 bits per heavy atom. The summed E-state index contributed by atoms with van der Waals surface area (Å²) >= 11 is 0. The van der Waals surface area contributed by atoms with Crippen molar-refractivity contribution >= 4 is 11.7 Å². The molecule has 0 unspecified atom stereocenters. The first-order valence-corrected chi connectivity index (χ1v) is 7.28. The van der Waals surface area contributed by atoms with Crippen LogP contribution in [-0.2, 0) is 4.79 Å². The molecule has 0 heterocycles. The highest BCUT2D eigenvalue weighted by molar-refractivity contribution is 6.00. The molecule has 0 aromatic heterocycles. The number of nitrogens with one attached hydrogen (secondary N) is 1. The zero-order valence-electron chi connectivity index (χ0n) is 13.0. The number of benzene rings is 1. The van der Waals surface area contributed by atoms with Crippen LogP contribution in [0.3, 0.4) is 0 Å². The standard InChI is InChI=1S/C16H24N2O3/c1-4-10-17-16(20)12-18(3)11-14(19)13-8-6-7-9-15(13)21-5-2/h6-9H,4-5,10-12H2,1-3H3,(H,17,20). The first kappa shape index (κ1) is 17.2. The number of likely N-dealkylation sites (N-methyl/N-ethyl adjacent to an activating group) is 1. The zero-order valence-corrected chi connectivity index (χ0v) is 13.0. The molecule has 0 aliphatic rings. The number of carbonyl (C=O) groups excluding carboxylic acids is 2. The third-order valence-electron chi connectivity index (χ3n) is 2.89. The summed E-state index contributed by atoms with van der Waals surface area (Å²) in [5.74, 6) is 0.476. The van der Waals surface area contributed by atoms with Gasteiger partial charge in [0.2, 0.25) is 5.91 Å². The molecule has 0 fully saturated rings. The molecule has 0 saturated heterocycles. The highest BCUT2D eigenvalue weighted by Gasteiger charge is 2.15. The minimum absolute atomic E-state index is 0.0511. The van der Waals surface area contributed by atoms with Gasteiger partial charge < -0.3 is 10.1 Å². The summed E-state index contributed by atoms with van der Waals surface area (Å²) in [4.78, 5) is 25.6. The third-order valence-corrected chi connectivity index (χ3v) is 2.89. The van der Waals surface area contributed by atoms with Gasteiger partial charge in [0.15, 0.2) is 5.78 Å². The Hall–Kier alpha value is -1.88. The van der Waals surface area contributed by atoms with Crippen LogP contribution in [0.25, 0.3) is 0 Å². The molecular weight excluding hydrogens is 268 g/mol. The average Bonchev–Trinajstić information content (AvgIpc) is 2.45. The predicted octanol–water partition coefficient (Wildman–Crippen LogP) is 1.73. The molecule has 0 atom stereocenters. The van der Waals surface area contributed by atoms with Gasteiger partial charge in [-0.05, 0) is 32.5 Å². The van der Waals surface area contributed by atoms with Crippen molar-refractivity contribution in [2.24, 2.45) is 0 Å². The molecule has 1 rings (SSSR count). The maximum absolute atomic E-state index is 12.3. The van der Waals surface area contributed by atoms with Gasteiger partial charge in [0.05, 0.1) is 25.3 Å². The Bertz CT molecular complexity index is 474. The molecule has 5 heteroatoms. The zero-order chi connectivity index (χ0) is 15.7. The summed E-state index contributed by atoms with van der Waals surface area (Å²) in [6.45, 7) is 5.45. The van der Waals surface area contributed by atoms with Crippen molar-refractivity contribution in [1.82, 2.24) is 10.2 Å². The number of Topliss-reactive ketones (excluding diaryl/α,β-unsaturated/α-hetero) is 1. The van der Waals surface area contributed by atoms with Gasteiger partial charge in [-0.25, -0.2) is 0 Å². The van der Waals surface area contributed by atoms with Crippen molar-refractivity contribution in [2.75, 3.05) is 33.3 Å². The lowest BCUT2D eigenvalue weighted by atomic mass is 10.1. The van der Waals surface area contributed by atoms with Crippen LogP contribution in [0.2, 0.25) is 0 Å². The topological polar surface area (TPSA) is 58.6 Å². The van der Waals surface area contributed by atoms with Crippen LogP contribution in [0.5, 0.6) is 5.75 Å². The van der Waals surface area contributed by atoms with Gasteiger partial charge in [-0.1, -0.05) is 19.1 Å². The van der Waals surface area contributed by atoms with E-state index < -0.39 is 0 Å². The Morgan fingerprint density at radius 3 is 2.57 bits per heavy atom. The molecule has 1 aromatic rings. The van der Waals surface area contributed by atoms with Crippen molar-refractivity contribution in [2.45, 2.75) is 20.3 Å². The highest BCUT2D eigenvalue weighted by atomic mass is 16.5. The lowest BCUT2D eigenvalue weighted by Crippen LogP contribution is -2.37. The largest absolute Gasteiger partial charge is 0.493 e. The highest BCUT2D eigenvalue weighted by Crippen LogP contribution is 2.18. The van der Waals surface area contributed by atoms with Gasteiger partial charge in [0.1, 0.15) is 5.75 Å². The second-order valence-electron chi connectivity index (χ2n) is 4.87. The quantitative estimate of drug-likeness (QED) is 0.704. The predicted molar refractivity (Wildman–Crippen MR) is 82.7 cm³/mol. The lowest BCUT2D eigenvalue weighted by Gasteiger charge is -2.16. The van der Waals surface area contributed by atoms with Crippen LogP contribution in [0.4, 0.5) is 0 Å². The molecule has 116 valence electrons. The van der Waals surface area contributed by atoms with E-state index in [1.54, 1.807) is 24.1 Å². The van der Waals surface area contributed by atoms with E-state index >= 15 is 0 Å². The first-order valence-electron chi connectivity index (χ1n) is 7.28. The van der Waals surface area contributed by atoms with E-state index in [0.29, 0.717) is 24.5 Å². The van der Waals surface area contributed by atoms with Crippen molar-refractivity contribution in [3.63, 3.8) is 0 Å². The van der Waals surface area contributed by atoms with E-state index in [2.05, 4.69) is 5.32 Å². The van der Waals surface area contributed by atoms with Crippen LogP contribution >= 0.6 is 0 Å². The summed E-state index contributed by atoms with van der Waals surface area (Å²) in [5.41, 5.74) is 0.556. The van der Waals surface area contributed by atoms with Gasteiger partial charge in [-0.15, -0.1) is 0 Å². The SMILES string of the molecule is CCCNC(=O)CN(C)CC(=O)c1ccccc1OCC. The Kier molecular flexibility index (Phi) is 7.46. The van der Waals surface area contributed by atoms with E-state index in [4.69, 9.17) is 4.74 Å². The van der Waals surface area contributed by atoms with Crippen LogP contribution in [0.15, 0.2) is 24.3 Å². The molecule has 0 radical (unpaired) electrons. The molecular formula is C16H24N2O3. The number of hydrogen-bond donors (Lipinski definition) is 1. The molecule has 5 nitrogen and oxygen atoms in total. The molecule has 1 aromatic carbocycles. The van der Waals surface area contributed by atoms with Gasteiger partial charge in [-0.2, -0.15) is 0 Å².